The van der Waals surface area contributed by atoms with Crippen molar-refractivity contribution < 1.29 is 9.59 Å². The van der Waals surface area contributed by atoms with E-state index in [1.807, 2.05) is 12.1 Å². The molecule has 1 aliphatic carbocycles. The van der Waals surface area contributed by atoms with Gasteiger partial charge in [0.1, 0.15) is 0 Å². The monoisotopic (exact) mass is 300 g/mol. The van der Waals surface area contributed by atoms with E-state index in [0.29, 0.717) is 11.6 Å². The Morgan fingerprint density at radius 1 is 1.18 bits per heavy atom. The SMILES string of the molecule is CCCCCNC(=O)/C=C/c1ccc(C(=O)NC2CC2)cc1. The molecule has 0 atom stereocenters. The molecule has 4 nitrogen and oxygen atoms in total. The largest absolute Gasteiger partial charge is 0.353 e. The fourth-order valence-corrected chi connectivity index (χ4v) is 2.06. The molecule has 118 valence electrons. The lowest BCUT2D eigenvalue weighted by Gasteiger charge is -2.03. The van der Waals surface area contributed by atoms with E-state index in [4.69, 9.17) is 0 Å². The van der Waals surface area contributed by atoms with Crippen molar-refractivity contribution in [1.82, 2.24) is 10.6 Å². The van der Waals surface area contributed by atoms with Gasteiger partial charge in [-0.15, -0.1) is 0 Å². The summed E-state index contributed by atoms with van der Waals surface area (Å²) in [6.45, 7) is 2.85. The van der Waals surface area contributed by atoms with E-state index in [9.17, 15) is 9.59 Å². The Morgan fingerprint density at radius 2 is 1.91 bits per heavy atom. The van der Waals surface area contributed by atoms with Crippen LogP contribution >= 0.6 is 0 Å². The molecule has 2 rings (SSSR count). The average Bonchev–Trinajstić information content (AvgIpc) is 3.34. The Labute approximate surface area is 132 Å². The molecular formula is C18H24N2O2. The van der Waals surface area contributed by atoms with Crippen LogP contribution in [0.15, 0.2) is 30.3 Å². The van der Waals surface area contributed by atoms with Gasteiger partial charge in [-0.05, 0) is 43.0 Å². The van der Waals surface area contributed by atoms with Gasteiger partial charge < -0.3 is 10.6 Å². The summed E-state index contributed by atoms with van der Waals surface area (Å²) in [5.74, 6) is -0.0987. The predicted molar refractivity (Wildman–Crippen MR) is 88.5 cm³/mol. The first-order chi connectivity index (χ1) is 10.7. The highest BCUT2D eigenvalue weighted by atomic mass is 16.2. The van der Waals surface area contributed by atoms with Gasteiger partial charge in [0, 0.05) is 24.2 Å². The number of rotatable bonds is 8. The third kappa shape index (κ3) is 5.72. The molecule has 2 N–H and O–H groups in total. The lowest BCUT2D eigenvalue weighted by Crippen LogP contribution is -2.25. The van der Waals surface area contributed by atoms with Crippen LogP contribution in [0.4, 0.5) is 0 Å². The van der Waals surface area contributed by atoms with Crippen LogP contribution in [0, 0.1) is 0 Å². The van der Waals surface area contributed by atoms with Crippen LogP contribution in [0.5, 0.6) is 0 Å². The van der Waals surface area contributed by atoms with Gasteiger partial charge in [0.2, 0.25) is 5.91 Å². The summed E-state index contributed by atoms with van der Waals surface area (Å²) in [6.07, 6.45) is 8.75. The summed E-state index contributed by atoms with van der Waals surface area (Å²) in [6, 6.07) is 7.64. The van der Waals surface area contributed by atoms with E-state index in [1.165, 1.54) is 6.08 Å². The molecule has 0 aliphatic heterocycles. The van der Waals surface area contributed by atoms with Gasteiger partial charge in [0.15, 0.2) is 0 Å². The summed E-state index contributed by atoms with van der Waals surface area (Å²) in [7, 11) is 0. The molecule has 1 saturated carbocycles. The first-order valence-corrected chi connectivity index (χ1v) is 8.06. The number of unbranched alkanes of at least 4 members (excludes halogenated alkanes) is 2. The number of benzene rings is 1. The number of hydrogen-bond donors (Lipinski definition) is 2. The number of carbonyl (C=O) groups excluding carboxylic acids is 2. The van der Waals surface area contributed by atoms with Crippen molar-refractivity contribution in [3.63, 3.8) is 0 Å². The predicted octanol–water partition coefficient (Wildman–Crippen LogP) is 2.90. The van der Waals surface area contributed by atoms with Crippen LogP contribution in [-0.4, -0.2) is 24.4 Å². The minimum Gasteiger partial charge on any atom is -0.353 e. The molecule has 1 fully saturated rings. The van der Waals surface area contributed by atoms with Gasteiger partial charge in [-0.1, -0.05) is 31.9 Å². The van der Waals surface area contributed by atoms with Crippen LogP contribution in [0.25, 0.3) is 6.08 Å². The first-order valence-electron chi connectivity index (χ1n) is 8.06. The lowest BCUT2D eigenvalue weighted by atomic mass is 10.1. The highest BCUT2D eigenvalue weighted by molar-refractivity contribution is 5.95. The third-order valence-electron chi connectivity index (χ3n) is 3.59. The second-order valence-corrected chi connectivity index (χ2v) is 5.70. The Balaban J connectivity index is 1.78. The van der Waals surface area contributed by atoms with Crippen molar-refractivity contribution in [3.05, 3.63) is 41.5 Å². The third-order valence-corrected chi connectivity index (χ3v) is 3.59. The Bertz CT molecular complexity index is 531. The van der Waals surface area contributed by atoms with Crippen LogP contribution in [0.2, 0.25) is 0 Å². The molecule has 0 bridgehead atoms. The van der Waals surface area contributed by atoms with Gasteiger partial charge in [0.05, 0.1) is 0 Å². The van der Waals surface area contributed by atoms with E-state index in [-0.39, 0.29) is 11.8 Å². The maximum Gasteiger partial charge on any atom is 0.251 e. The molecule has 2 amide bonds. The smallest absolute Gasteiger partial charge is 0.251 e. The van der Waals surface area contributed by atoms with E-state index in [0.717, 1.165) is 44.2 Å². The normalized spacial score (nSPS) is 14.0. The second-order valence-electron chi connectivity index (χ2n) is 5.70. The molecule has 1 aromatic carbocycles. The van der Waals surface area contributed by atoms with Crippen molar-refractivity contribution in [1.29, 1.82) is 0 Å². The minimum atomic E-state index is -0.0772. The summed E-state index contributed by atoms with van der Waals surface area (Å²) in [4.78, 5) is 23.5. The van der Waals surface area contributed by atoms with E-state index in [1.54, 1.807) is 18.2 Å². The van der Waals surface area contributed by atoms with Crippen molar-refractivity contribution in [2.24, 2.45) is 0 Å². The average molecular weight is 300 g/mol. The van der Waals surface area contributed by atoms with Crippen molar-refractivity contribution >= 4 is 17.9 Å². The molecule has 0 unspecified atom stereocenters. The van der Waals surface area contributed by atoms with Crippen molar-refractivity contribution in [2.45, 2.75) is 45.1 Å². The Kier molecular flexibility index (Phi) is 6.19. The molecule has 0 radical (unpaired) electrons. The standard InChI is InChI=1S/C18H24N2O2/c1-2-3-4-13-19-17(21)12-7-14-5-8-15(9-6-14)18(22)20-16-10-11-16/h5-9,12,16H,2-4,10-11,13H2,1H3,(H,19,21)(H,20,22)/b12-7+. The van der Waals surface area contributed by atoms with Gasteiger partial charge >= 0.3 is 0 Å². The summed E-state index contributed by atoms with van der Waals surface area (Å²) >= 11 is 0. The molecule has 1 aromatic rings. The highest BCUT2D eigenvalue weighted by Crippen LogP contribution is 2.19. The minimum absolute atomic E-state index is 0.0216. The first kappa shape index (κ1) is 16.3. The van der Waals surface area contributed by atoms with E-state index < -0.39 is 0 Å². The molecule has 0 saturated heterocycles. The molecular weight excluding hydrogens is 276 g/mol. The summed E-state index contributed by atoms with van der Waals surface area (Å²) in [5.41, 5.74) is 1.57. The van der Waals surface area contributed by atoms with Crippen LogP contribution < -0.4 is 10.6 Å². The molecule has 1 aliphatic rings. The fourth-order valence-electron chi connectivity index (χ4n) is 2.06. The number of nitrogens with one attached hydrogen (secondary N) is 2. The zero-order valence-corrected chi connectivity index (χ0v) is 13.1. The number of amides is 2. The maximum atomic E-state index is 11.9. The van der Waals surface area contributed by atoms with Crippen LogP contribution in [0.3, 0.4) is 0 Å². The number of hydrogen-bond acceptors (Lipinski definition) is 2. The van der Waals surface area contributed by atoms with Gasteiger partial charge in [-0.2, -0.15) is 0 Å². The maximum absolute atomic E-state index is 11.9. The van der Waals surface area contributed by atoms with Crippen molar-refractivity contribution in [2.75, 3.05) is 6.54 Å². The van der Waals surface area contributed by atoms with Crippen LogP contribution in [-0.2, 0) is 4.79 Å². The fraction of sp³-hybridized carbons (Fsp3) is 0.444. The summed E-state index contributed by atoms with van der Waals surface area (Å²) in [5, 5.41) is 5.81. The quantitative estimate of drug-likeness (QED) is 0.573. The number of carbonyl (C=O) groups is 2. The van der Waals surface area contributed by atoms with Gasteiger partial charge in [-0.3, -0.25) is 9.59 Å². The highest BCUT2D eigenvalue weighted by Gasteiger charge is 2.23. The zero-order chi connectivity index (χ0) is 15.8. The second kappa shape index (κ2) is 8.37. The van der Waals surface area contributed by atoms with Gasteiger partial charge in [-0.25, -0.2) is 0 Å². The molecule has 4 heteroatoms. The molecule has 0 aromatic heterocycles. The van der Waals surface area contributed by atoms with E-state index in [2.05, 4.69) is 17.6 Å². The van der Waals surface area contributed by atoms with E-state index >= 15 is 0 Å². The van der Waals surface area contributed by atoms with Gasteiger partial charge in [0.25, 0.3) is 5.91 Å². The molecule has 0 heterocycles. The Morgan fingerprint density at radius 3 is 2.55 bits per heavy atom. The zero-order valence-electron chi connectivity index (χ0n) is 13.1. The van der Waals surface area contributed by atoms with Crippen molar-refractivity contribution in [3.8, 4) is 0 Å². The Hall–Kier alpha value is -2.10. The topological polar surface area (TPSA) is 58.2 Å². The molecule has 0 spiro atoms. The lowest BCUT2D eigenvalue weighted by molar-refractivity contribution is -0.116. The summed E-state index contributed by atoms with van der Waals surface area (Å²) < 4.78 is 0. The van der Waals surface area contributed by atoms with Crippen LogP contribution in [0.1, 0.15) is 54.9 Å². The molecule has 22 heavy (non-hydrogen) atoms.